The fourth-order valence-corrected chi connectivity index (χ4v) is 8.21. The number of hydrogen-bond donors (Lipinski definition) is 2. The molecule has 61 heavy (non-hydrogen) atoms. The zero-order valence-corrected chi connectivity index (χ0v) is 37.7. The Balaban J connectivity index is 1.48. The standard InChI is InChI=1S/C51H80O10/c1-3-4-5-6-7-8-9-16-27-36-43(58-45(53)37-28-17-12-10-14-21-30-41-32-23-19-24-33-41)39-47(55)61-50-49(48(57-2)44(40-52)59-51(50)56)60-46(54)38-29-18-13-11-15-22-31-42-34-25-20-26-35-42/h19-20,23-26,32-35,43-44,48-52,56H,3-18,21-22,27-31,36-40H2,1-2H3/t43-,44+,48+,49-,50+,51?/m0/s1. The molecule has 0 aromatic heterocycles. The van der Waals surface area contributed by atoms with Crippen LogP contribution in [0.25, 0.3) is 0 Å². The van der Waals surface area contributed by atoms with E-state index in [1.54, 1.807) is 0 Å². The van der Waals surface area contributed by atoms with Gasteiger partial charge in [-0.25, -0.2) is 0 Å². The van der Waals surface area contributed by atoms with Crippen LogP contribution in [0.3, 0.4) is 0 Å². The zero-order valence-electron chi connectivity index (χ0n) is 37.7. The van der Waals surface area contributed by atoms with Crippen molar-refractivity contribution >= 4 is 17.9 Å². The highest BCUT2D eigenvalue weighted by molar-refractivity contribution is 5.73. The van der Waals surface area contributed by atoms with E-state index in [0.717, 1.165) is 109 Å². The Hall–Kier alpha value is -3.31. The number of aliphatic hydroxyl groups is 2. The van der Waals surface area contributed by atoms with Gasteiger partial charge in [-0.15, -0.1) is 0 Å². The van der Waals surface area contributed by atoms with Gasteiger partial charge in [0.05, 0.1) is 13.0 Å². The number of aliphatic hydroxyl groups excluding tert-OH is 2. The number of rotatable bonds is 35. The molecule has 1 saturated heterocycles. The number of hydrogen-bond acceptors (Lipinski definition) is 10. The molecule has 10 heteroatoms. The first-order valence-corrected chi connectivity index (χ1v) is 24.0. The average molecular weight is 853 g/mol. The normalized spacial score (nSPS) is 19.3. The Morgan fingerprint density at radius 2 is 1.03 bits per heavy atom. The highest BCUT2D eigenvalue weighted by Crippen LogP contribution is 2.28. The second-order valence-electron chi connectivity index (χ2n) is 17.0. The molecular formula is C51H80O10. The molecule has 0 spiro atoms. The number of carbonyl (C=O) groups excluding carboxylic acids is 3. The van der Waals surface area contributed by atoms with Crippen LogP contribution >= 0.6 is 0 Å². The first kappa shape index (κ1) is 52.0. The van der Waals surface area contributed by atoms with Crippen molar-refractivity contribution in [2.75, 3.05) is 13.7 Å². The number of methoxy groups -OCH3 is 1. The van der Waals surface area contributed by atoms with Crippen molar-refractivity contribution in [3.8, 4) is 0 Å². The third-order valence-electron chi connectivity index (χ3n) is 11.8. The van der Waals surface area contributed by atoms with E-state index in [-0.39, 0.29) is 25.2 Å². The predicted octanol–water partition coefficient (Wildman–Crippen LogP) is 10.7. The van der Waals surface area contributed by atoms with E-state index < -0.39 is 55.4 Å². The van der Waals surface area contributed by atoms with Crippen molar-refractivity contribution in [3.05, 3.63) is 71.8 Å². The Labute approximate surface area is 367 Å². The molecule has 0 bridgehead atoms. The van der Waals surface area contributed by atoms with Crippen LogP contribution in [0.5, 0.6) is 0 Å². The summed E-state index contributed by atoms with van der Waals surface area (Å²) >= 11 is 0. The molecule has 6 atom stereocenters. The molecule has 1 aliphatic rings. The molecule has 3 rings (SSSR count). The molecular weight excluding hydrogens is 773 g/mol. The van der Waals surface area contributed by atoms with Gasteiger partial charge in [0.15, 0.2) is 18.5 Å². The molecule has 0 amide bonds. The van der Waals surface area contributed by atoms with Gasteiger partial charge in [-0.1, -0.05) is 170 Å². The second-order valence-corrected chi connectivity index (χ2v) is 17.0. The summed E-state index contributed by atoms with van der Waals surface area (Å²) in [6.45, 7) is 1.72. The molecule has 0 radical (unpaired) electrons. The smallest absolute Gasteiger partial charge is 0.310 e. The maximum absolute atomic E-state index is 13.6. The van der Waals surface area contributed by atoms with E-state index in [0.29, 0.717) is 12.8 Å². The van der Waals surface area contributed by atoms with Gasteiger partial charge < -0.3 is 33.9 Å². The summed E-state index contributed by atoms with van der Waals surface area (Å²) in [5, 5.41) is 21.0. The Kier molecular flexibility index (Phi) is 28.4. The fraction of sp³-hybridized carbons (Fsp3) is 0.706. The summed E-state index contributed by atoms with van der Waals surface area (Å²) in [4.78, 5) is 39.7. The van der Waals surface area contributed by atoms with Crippen molar-refractivity contribution in [1.82, 2.24) is 0 Å². The van der Waals surface area contributed by atoms with E-state index in [1.165, 1.54) is 50.3 Å². The van der Waals surface area contributed by atoms with Gasteiger partial charge in [0, 0.05) is 20.0 Å². The molecule has 1 fully saturated rings. The Bertz CT molecular complexity index is 1400. The molecule has 0 saturated carbocycles. The highest BCUT2D eigenvalue weighted by atomic mass is 16.7. The summed E-state index contributed by atoms with van der Waals surface area (Å²) in [6.07, 6.45) is 18.2. The largest absolute Gasteiger partial charge is 0.462 e. The van der Waals surface area contributed by atoms with E-state index in [9.17, 15) is 24.6 Å². The van der Waals surface area contributed by atoms with Crippen molar-refractivity contribution < 1.29 is 48.3 Å². The van der Waals surface area contributed by atoms with Crippen LogP contribution in [0, 0.1) is 0 Å². The summed E-state index contributed by atoms with van der Waals surface area (Å²) < 4.78 is 28.7. The van der Waals surface area contributed by atoms with Gasteiger partial charge in [-0.05, 0) is 62.5 Å². The lowest BCUT2D eigenvalue weighted by atomic mass is 9.98. The lowest BCUT2D eigenvalue weighted by Gasteiger charge is -2.42. The monoisotopic (exact) mass is 853 g/mol. The molecule has 1 aliphatic heterocycles. The number of aryl methyl sites for hydroxylation is 2. The Morgan fingerprint density at radius 1 is 0.574 bits per heavy atom. The van der Waals surface area contributed by atoms with Gasteiger partial charge in [0.25, 0.3) is 0 Å². The van der Waals surface area contributed by atoms with Gasteiger partial charge >= 0.3 is 17.9 Å². The van der Waals surface area contributed by atoms with Crippen LogP contribution in [-0.2, 0) is 50.9 Å². The van der Waals surface area contributed by atoms with Crippen LogP contribution in [0.1, 0.15) is 179 Å². The van der Waals surface area contributed by atoms with E-state index >= 15 is 0 Å². The van der Waals surface area contributed by atoms with Gasteiger partial charge in [-0.2, -0.15) is 0 Å². The quantitative estimate of drug-likeness (QED) is 0.0391. The molecule has 2 N–H and O–H groups in total. The maximum atomic E-state index is 13.6. The highest BCUT2D eigenvalue weighted by Gasteiger charge is 2.50. The van der Waals surface area contributed by atoms with E-state index in [1.807, 2.05) is 12.1 Å². The fourth-order valence-electron chi connectivity index (χ4n) is 8.21. The van der Waals surface area contributed by atoms with E-state index in [4.69, 9.17) is 23.7 Å². The molecule has 10 nitrogen and oxygen atoms in total. The number of esters is 3. The minimum Gasteiger partial charge on any atom is -0.462 e. The van der Waals surface area contributed by atoms with Crippen LogP contribution in [-0.4, -0.2) is 78.6 Å². The zero-order chi connectivity index (χ0) is 43.8. The number of benzene rings is 2. The second kappa shape index (κ2) is 33.3. The lowest BCUT2D eigenvalue weighted by Crippen LogP contribution is -2.61. The summed E-state index contributed by atoms with van der Waals surface area (Å²) in [5.41, 5.74) is 2.71. The Morgan fingerprint density at radius 3 is 1.54 bits per heavy atom. The summed E-state index contributed by atoms with van der Waals surface area (Å²) in [6, 6.07) is 21.0. The predicted molar refractivity (Wildman–Crippen MR) is 240 cm³/mol. The lowest BCUT2D eigenvalue weighted by molar-refractivity contribution is -0.297. The minimum atomic E-state index is -1.67. The molecule has 1 unspecified atom stereocenters. The first-order valence-electron chi connectivity index (χ1n) is 24.0. The number of unbranched alkanes of at least 4 members (excludes halogenated alkanes) is 18. The van der Waals surface area contributed by atoms with Crippen molar-refractivity contribution in [1.29, 1.82) is 0 Å². The van der Waals surface area contributed by atoms with Crippen LogP contribution in [0.2, 0.25) is 0 Å². The van der Waals surface area contributed by atoms with Crippen molar-refractivity contribution in [2.24, 2.45) is 0 Å². The minimum absolute atomic E-state index is 0.156. The molecule has 0 aliphatic carbocycles. The van der Waals surface area contributed by atoms with Gasteiger partial charge in [-0.3, -0.25) is 14.4 Å². The number of ether oxygens (including phenoxy) is 5. The van der Waals surface area contributed by atoms with Crippen LogP contribution < -0.4 is 0 Å². The SMILES string of the molecule is CCCCCCCCCCC[C@@H](CC(=O)O[C@H]1C(O)O[C@H](CO)[C@@H](OC)[C@@H]1OC(=O)CCCCCCCCc1ccccc1)OC(=O)CCCCCCCCc1ccccc1. The van der Waals surface area contributed by atoms with Crippen LogP contribution in [0.15, 0.2) is 60.7 Å². The topological polar surface area (TPSA) is 138 Å². The number of carbonyl (C=O) groups is 3. The van der Waals surface area contributed by atoms with E-state index in [2.05, 4.69) is 55.5 Å². The molecule has 344 valence electrons. The van der Waals surface area contributed by atoms with Crippen LogP contribution in [0.4, 0.5) is 0 Å². The molecule has 1 heterocycles. The summed E-state index contributed by atoms with van der Waals surface area (Å²) in [5.74, 6) is -1.54. The van der Waals surface area contributed by atoms with Gasteiger partial charge in [0.1, 0.15) is 18.3 Å². The third-order valence-corrected chi connectivity index (χ3v) is 11.8. The molecule has 2 aromatic carbocycles. The molecule has 2 aromatic rings. The first-order chi connectivity index (χ1) is 29.8. The van der Waals surface area contributed by atoms with Crippen molar-refractivity contribution in [2.45, 2.75) is 217 Å². The third kappa shape index (κ3) is 23.1. The van der Waals surface area contributed by atoms with Crippen molar-refractivity contribution in [3.63, 3.8) is 0 Å². The maximum Gasteiger partial charge on any atom is 0.310 e. The average Bonchev–Trinajstić information content (AvgIpc) is 3.26. The summed E-state index contributed by atoms with van der Waals surface area (Å²) in [7, 11) is 1.39. The van der Waals surface area contributed by atoms with Gasteiger partial charge in [0.2, 0.25) is 0 Å².